The number of ketones is 1. The van der Waals surface area contributed by atoms with Crippen molar-refractivity contribution in [2.24, 2.45) is 0 Å². The summed E-state index contributed by atoms with van der Waals surface area (Å²) in [6.45, 7) is 2.51. The van der Waals surface area contributed by atoms with Crippen LogP contribution in [0.1, 0.15) is 46.9 Å². The van der Waals surface area contributed by atoms with Gasteiger partial charge in [-0.25, -0.2) is 4.79 Å². The third-order valence-corrected chi connectivity index (χ3v) is 4.31. The molecule has 25 heavy (non-hydrogen) atoms. The summed E-state index contributed by atoms with van der Waals surface area (Å²) in [5, 5.41) is 0. The first-order chi connectivity index (χ1) is 12.1. The summed E-state index contributed by atoms with van der Waals surface area (Å²) in [6.07, 6.45) is 3.29. The molecule has 4 nitrogen and oxygen atoms in total. The molecule has 132 valence electrons. The predicted octanol–water partition coefficient (Wildman–Crippen LogP) is 5.06. The Balaban J connectivity index is 1.84. The van der Waals surface area contributed by atoms with E-state index in [-0.39, 0.29) is 12.4 Å². The average Bonchev–Trinajstić information content (AvgIpc) is 2.64. The second-order valence-corrected chi connectivity index (χ2v) is 6.41. The third-order valence-electron chi connectivity index (χ3n) is 3.62. The lowest BCUT2D eigenvalue weighted by Crippen LogP contribution is -2.14. The van der Waals surface area contributed by atoms with Crippen LogP contribution in [0.25, 0.3) is 0 Å². The van der Waals surface area contributed by atoms with Crippen LogP contribution in [0.3, 0.4) is 0 Å². The van der Waals surface area contributed by atoms with Crippen molar-refractivity contribution in [3.05, 3.63) is 64.1 Å². The highest BCUT2D eigenvalue weighted by atomic mass is 79.9. The summed E-state index contributed by atoms with van der Waals surface area (Å²) in [7, 11) is 0. The largest absolute Gasteiger partial charge is 0.494 e. The van der Waals surface area contributed by atoms with Gasteiger partial charge < -0.3 is 9.47 Å². The first kappa shape index (κ1) is 19.2. The van der Waals surface area contributed by atoms with Crippen molar-refractivity contribution >= 4 is 27.7 Å². The van der Waals surface area contributed by atoms with E-state index in [1.54, 1.807) is 42.5 Å². The molecule has 0 aliphatic rings. The number of unbranched alkanes of at least 4 members (excludes halogenated alkanes) is 2. The summed E-state index contributed by atoms with van der Waals surface area (Å²) in [5.74, 6) is -0.0633. The molecule has 5 heteroatoms. The number of hydrogen-bond donors (Lipinski definition) is 0. The number of halogens is 1. The van der Waals surface area contributed by atoms with Crippen molar-refractivity contribution in [1.29, 1.82) is 0 Å². The topological polar surface area (TPSA) is 52.6 Å². The Bertz CT molecular complexity index is 710. The number of Topliss-reactive ketones (excluding diaryl/α,β-unsaturated/α-hetero) is 1. The van der Waals surface area contributed by atoms with E-state index in [1.165, 1.54) is 0 Å². The Hall–Kier alpha value is -2.14. The fourth-order valence-electron chi connectivity index (χ4n) is 2.21. The molecule has 0 saturated carbocycles. The molecular formula is C20H21BrO4. The summed E-state index contributed by atoms with van der Waals surface area (Å²) >= 11 is 3.31. The minimum atomic E-state index is -0.530. The van der Waals surface area contributed by atoms with Crippen LogP contribution >= 0.6 is 15.9 Å². The Morgan fingerprint density at radius 2 is 1.72 bits per heavy atom. The molecule has 0 N–H and O–H groups in total. The SMILES string of the molecule is CCCCCOc1ccc(C(=O)OCC(=O)c2ccccc2Br)cc1. The van der Waals surface area contributed by atoms with Gasteiger partial charge in [0, 0.05) is 10.0 Å². The van der Waals surface area contributed by atoms with E-state index in [2.05, 4.69) is 22.9 Å². The minimum Gasteiger partial charge on any atom is -0.494 e. The van der Waals surface area contributed by atoms with Gasteiger partial charge >= 0.3 is 5.97 Å². The Labute approximate surface area is 156 Å². The molecule has 0 aliphatic carbocycles. The van der Waals surface area contributed by atoms with Crippen LogP contribution in [0, 0.1) is 0 Å². The molecule has 0 atom stereocenters. The van der Waals surface area contributed by atoms with Crippen molar-refractivity contribution in [2.75, 3.05) is 13.2 Å². The molecule has 2 aromatic carbocycles. The van der Waals surface area contributed by atoms with Crippen molar-refractivity contribution in [3.8, 4) is 5.75 Å². The van der Waals surface area contributed by atoms with E-state index < -0.39 is 5.97 Å². The predicted molar refractivity (Wildman–Crippen MR) is 100 cm³/mol. The molecule has 0 amide bonds. The van der Waals surface area contributed by atoms with Crippen LogP contribution in [0.5, 0.6) is 5.75 Å². The van der Waals surface area contributed by atoms with Gasteiger partial charge in [0.2, 0.25) is 5.78 Å². The van der Waals surface area contributed by atoms with Gasteiger partial charge in [0.1, 0.15) is 5.75 Å². The average molecular weight is 405 g/mol. The highest BCUT2D eigenvalue weighted by Crippen LogP contribution is 2.17. The van der Waals surface area contributed by atoms with Crippen LogP contribution in [-0.2, 0) is 4.74 Å². The van der Waals surface area contributed by atoms with Gasteiger partial charge in [0.25, 0.3) is 0 Å². The second-order valence-electron chi connectivity index (χ2n) is 5.56. The van der Waals surface area contributed by atoms with E-state index >= 15 is 0 Å². The molecule has 0 heterocycles. The van der Waals surface area contributed by atoms with Gasteiger partial charge in [-0.1, -0.05) is 53.9 Å². The van der Waals surface area contributed by atoms with Gasteiger partial charge in [0.15, 0.2) is 6.61 Å². The molecule has 0 aliphatic heterocycles. The number of rotatable bonds is 9. The molecular weight excluding hydrogens is 384 g/mol. The van der Waals surface area contributed by atoms with E-state index in [4.69, 9.17) is 9.47 Å². The third kappa shape index (κ3) is 6.02. The van der Waals surface area contributed by atoms with Gasteiger partial charge in [-0.3, -0.25) is 4.79 Å². The number of ether oxygens (including phenoxy) is 2. The van der Waals surface area contributed by atoms with Gasteiger partial charge in [-0.2, -0.15) is 0 Å². The smallest absolute Gasteiger partial charge is 0.338 e. The number of esters is 1. The number of carbonyl (C=O) groups excluding carboxylic acids is 2. The van der Waals surface area contributed by atoms with Gasteiger partial charge in [-0.15, -0.1) is 0 Å². The molecule has 0 aromatic heterocycles. The van der Waals surface area contributed by atoms with E-state index in [0.29, 0.717) is 22.2 Å². The van der Waals surface area contributed by atoms with Crippen LogP contribution in [0.2, 0.25) is 0 Å². The van der Waals surface area contributed by atoms with Crippen molar-refractivity contribution < 1.29 is 19.1 Å². The second kappa shape index (κ2) is 9.99. The molecule has 0 fully saturated rings. The quantitative estimate of drug-likeness (QED) is 0.333. The maximum Gasteiger partial charge on any atom is 0.338 e. The van der Waals surface area contributed by atoms with Crippen LogP contribution in [-0.4, -0.2) is 25.0 Å². The summed E-state index contributed by atoms with van der Waals surface area (Å²) in [4.78, 5) is 24.1. The van der Waals surface area contributed by atoms with Gasteiger partial charge in [0.05, 0.1) is 12.2 Å². The van der Waals surface area contributed by atoms with E-state index in [1.807, 2.05) is 6.07 Å². The zero-order valence-electron chi connectivity index (χ0n) is 14.2. The lowest BCUT2D eigenvalue weighted by Gasteiger charge is -2.08. The van der Waals surface area contributed by atoms with E-state index in [0.717, 1.165) is 25.0 Å². The van der Waals surface area contributed by atoms with Crippen molar-refractivity contribution in [1.82, 2.24) is 0 Å². The Kier molecular flexibility index (Phi) is 7.67. The minimum absolute atomic E-state index is 0.253. The first-order valence-electron chi connectivity index (χ1n) is 8.29. The zero-order chi connectivity index (χ0) is 18.1. The van der Waals surface area contributed by atoms with E-state index in [9.17, 15) is 9.59 Å². The molecule has 0 spiro atoms. The summed E-state index contributed by atoms with van der Waals surface area (Å²) in [5.41, 5.74) is 0.881. The molecule has 2 rings (SSSR count). The lowest BCUT2D eigenvalue weighted by molar-refractivity contribution is 0.0474. The fraction of sp³-hybridized carbons (Fsp3) is 0.300. The number of benzene rings is 2. The molecule has 0 radical (unpaired) electrons. The molecule has 0 saturated heterocycles. The Morgan fingerprint density at radius 3 is 2.40 bits per heavy atom. The lowest BCUT2D eigenvalue weighted by atomic mass is 10.1. The zero-order valence-corrected chi connectivity index (χ0v) is 15.8. The highest BCUT2D eigenvalue weighted by Gasteiger charge is 2.13. The standard InChI is InChI=1S/C20H21BrO4/c1-2-3-6-13-24-16-11-9-15(10-12-16)20(23)25-14-19(22)17-7-4-5-8-18(17)21/h4-5,7-12H,2-3,6,13-14H2,1H3. The summed E-state index contributed by atoms with van der Waals surface area (Å²) < 4.78 is 11.4. The maximum atomic E-state index is 12.1. The number of carbonyl (C=O) groups is 2. The van der Waals surface area contributed by atoms with Crippen molar-refractivity contribution in [3.63, 3.8) is 0 Å². The first-order valence-corrected chi connectivity index (χ1v) is 9.09. The summed E-state index contributed by atoms with van der Waals surface area (Å²) in [6, 6.07) is 13.8. The molecule has 0 unspecified atom stereocenters. The monoisotopic (exact) mass is 404 g/mol. The molecule has 2 aromatic rings. The molecule has 0 bridgehead atoms. The highest BCUT2D eigenvalue weighted by molar-refractivity contribution is 9.10. The van der Waals surface area contributed by atoms with Crippen LogP contribution < -0.4 is 4.74 Å². The Morgan fingerprint density at radius 1 is 1.00 bits per heavy atom. The maximum absolute atomic E-state index is 12.1. The van der Waals surface area contributed by atoms with Crippen LogP contribution in [0.15, 0.2) is 53.0 Å². The normalized spacial score (nSPS) is 10.3. The number of hydrogen-bond acceptors (Lipinski definition) is 4. The van der Waals surface area contributed by atoms with Crippen LogP contribution in [0.4, 0.5) is 0 Å². The van der Waals surface area contributed by atoms with Crippen molar-refractivity contribution in [2.45, 2.75) is 26.2 Å². The van der Waals surface area contributed by atoms with Gasteiger partial charge in [-0.05, 0) is 36.8 Å². The fourth-order valence-corrected chi connectivity index (χ4v) is 2.71.